The first kappa shape index (κ1) is 8.58. The number of carbonyl (C=O) groups excluding carboxylic acids is 1. The summed E-state index contributed by atoms with van der Waals surface area (Å²) in [5.41, 5.74) is 5.43. The summed E-state index contributed by atoms with van der Waals surface area (Å²) in [5, 5.41) is 3.18. The maximum absolute atomic E-state index is 10.9. The van der Waals surface area contributed by atoms with Gasteiger partial charge in [-0.1, -0.05) is 0 Å². The third-order valence-electron chi connectivity index (χ3n) is 1.85. The SMILES string of the molecule is Cl.O=C1NNC2CNCCN12. The first-order valence-electron chi connectivity index (χ1n) is 3.41. The average molecular weight is 179 g/mol. The molecule has 5 nitrogen and oxygen atoms in total. The molecule has 0 bridgehead atoms. The van der Waals surface area contributed by atoms with Crippen LogP contribution in [-0.2, 0) is 0 Å². The fraction of sp³-hybridized carbons (Fsp3) is 0.800. The molecule has 3 N–H and O–H groups in total. The van der Waals surface area contributed by atoms with Gasteiger partial charge in [-0.15, -0.1) is 12.4 Å². The zero-order valence-corrected chi connectivity index (χ0v) is 6.78. The molecule has 11 heavy (non-hydrogen) atoms. The van der Waals surface area contributed by atoms with Crippen LogP contribution in [0, 0.1) is 0 Å². The van der Waals surface area contributed by atoms with E-state index in [1.807, 2.05) is 0 Å². The Hall–Kier alpha value is -0.520. The van der Waals surface area contributed by atoms with Gasteiger partial charge in [0, 0.05) is 19.6 Å². The number of nitrogens with zero attached hydrogens (tertiary/aromatic N) is 1. The number of fused-ring (bicyclic) bond motifs is 1. The molecule has 64 valence electrons. The van der Waals surface area contributed by atoms with E-state index in [-0.39, 0.29) is 24.6 Å². The number of nitrogens with one attached hydrogen (secondary N) is 3. The summed E-state index contributed by atoms with van der Waals surface area (Å²) in [4.78, 5) is 12.7. The van der Waals surface area contributed by atoms with Crippen LogP contribution in [0.5, 0.6) is 0 Å². The lowest BCUT2D eigenvalue weighted by Crippen LogP contribution is -2.52. The number of piperazine rings is 1. The Morgan fingerprint density at radius 3 is 3.09 bits per heavy atom. The quantitative estimate of drug-likeness (QED) is 0.440. The lowest BCUT2D eigenvalue weighted by Gasteiger charge is -2.27. The van der Waals surface area contributed by atoms with Crippen LogP contribution in [0.3, 0.4) is 0 Å². The molecule has 0 spiro atoms. The molecule has 6 heteroatoms. The van der Waals surface area contributed by atoms with Gasteiger partial charge in [-0.05, 0) is 0 Å². The molecule has 0 aromatic rings. The second-order valence-electron chi connectivity index (χ2n) is 2.49. The maximum atomic E-state index is 10.9. The Balaban J connectivity index is 0.000000605. The van der Waals surface area contributed by atoms with Crippen molar-refractivity contribution in [2.45, 2.75) is 6.17 Å². The minimum Gasteiger partial charge on any atom is -0.312 e. The van der Waals surface area contributed by atoms with Crippen LogP contribution in [0.4, 0.5) is 4.79 Å². The fourth-order valence-electron chi connectivity index (χ4n) is 1.29. The van der Waals surface area contributed by atoms with Gasteiger partial charge in [-0.25, -0.2) is 10.2 Å². The number of hydrazine groups is 1. The van der Waals surface area contributed by atoms with Crippen molar-refractivity contribution in [1.29, 1.82) is 0 Å². The van der Waals surface area contributed by atoms with E-state index in [0.29, 0.717) is 0 Å². The zero-order valence-electron chi connectivity index (χ0n) is 5.96. The van der Waals surface area contributed by atoms with Gasteiger partial charge in [-0.2, -0.15) is 0 Å². The summed E-state index contributed by atoms with van der Waals surface area (Å²) in [7, 11) is 0. The van der Waals surface area contributed by atoms with Gasteiger partial charge in [0.05, 0.1) is 0 Å². The van der Waals surface area contributed by atoms with Crippen LogP contribution in [0.1, 0.15) is 0 Å². The summed E-state index contributed by atoms with van der Waals surface area (Å²) in [6, 6.07) is -0.00787. The summed E-state index contributed by atoms with van der Waals surface area (Å²) in [6.07, 6.45) is 0.154. The van der Waals surface area contributed by atoms with Gasteiger partial charge in [-0.3, -0.25) is 5.43 Å². The Morgan fingerprint density at radius 2 is 2.36 bits per heavy atom. The van der Waals surface area contributed by atoms with Crippen LogP contribution in [0.2, 0.25) is 0 Å². The van der Waals surface area contributed by atoms with Gasteiger partial charge >= 0.3 is 6.03 Å². The van der Waals surface area contributed by atoms with Crippen molar-refractivity contribution in [2.75, 3.05) is 19.6 Å². The van der Waals surface area contributed by atoms with Gasteiger partial charge in [0.1, 0.15) is 6.17 Å². The molecule has 1 unspecified atom stereocenters. The number of hydrogen-bond acceptors (Lipinski definition) is 3. The van der Waals surface area contributed by atoms with E-state index in [0.717, 1.165) is 19.6 Å². The Kier molecular flexibility index (Phi) is 2.53. The molecule has 2 aliphatic rings. The second-order valence-corrected chi connectivity index (χ2v) is 2.49. The standard InChI is InChI=1S/C5H10N4O.ClH/c10-5-8-7-4-3-6-1-2-9(4)5;/h4,6-7H,1-3H2,(H,8,10);1H. The molecular formula is C5H11ClN4O. The summed E-state index contributed by atoms with van der Waals surface area (Å²) < 4.78 is 0. The molecule has 0 radical (unpaired) electrons. The smallest absolute Gasteiger partial charge is 0.312 e. The van der Waals surface area contributed by atoms with Crippen LogP contribution >= 0.6 is 12.4 Å². The normalized spacial score (nSPS) is 28.9. The van der Waals surface area contributed by atoms with Gasteiger partial charge in [0.2, 0.25) is 0 Å². The number of carbonyl (C=O) groups is 1. The molecule has 2 fully saturated rings. The Labute approximate surface area is 70.9 Å². The first-order chi connectivity index (χ1) is 4.88. The van der Waals surface area contributed by atoms with Gasteiger partial charge < -0.3 is 10.2 Å². The van der Waals surface area contributed by atoms with Crippen LogP contribution in [0.15, 0.2) is 0 Å². The molecule has 1 atom stereocenters. The van der Waals surface area contributed by atoms with E-state index in [9.17, 15) is 4.79 Å². The Morgan fingerprint density at radius 1 is 1.55 bits per heavy atom. The summed E-state index contributed by atoms with van der Waals surface area (Å²) in [5.74, 6) is 0. The van der Waals surface area contributed by atoms with E-state index < -0.39 is 0 Å². The van der Waals surface area contributed by atoms with E-state index >= 15 is 0 Å². The van der Waals surface area contributed by atoms with Crippen LogP contribution in [-0.4, -0.2) is 36.7 Å². The predicted molar refractivity (Wildman–Crippen MR) is 42.3 cm³/mol. The van der Waals surface area contributed by atoms with E-state index in [4.69, 9.17) is 0 Å². The van der Waals surface area contributed by atoms with Crippen molar-refractivity contribution in [3.8, 4) is 0 Å². The number of urea groups is 1. The highest BCUT2D eigenvalue weighted by atomic mass is 35.5. The largest absolute Gasteiger partial charge is 0.333 e. The number of amides is 2. The topological polar surface area (TPSA) is 56.4 Å². The third-order valence-corrected chi connectivity index (χ3v) is 1.85. The van der Waals surface area contributed by atoms with Gasteiger partial charge in [0.25, 0.3) is 0 Å². The van der Waals surface area contributed by atoms with Crippen molar-refractivity contribution in [1.82, 2.24) is 21.1 Å². The van der Waals surface area contributed by atoms with Crippen molar-refractivity contribution < 1.29 is 4.79 Å². The molecule has 2 aliphatic heterocycles. The van der Waals surface area contributed by atoms with E-state index in [2.05, 4.69) is 16.2 Å². The molecule has 0 aromatic carbocycles. The molecule has 0 aromatic heterocycles. The molecule has 2 heterocycles. The lowest BCUT2D eigenvalue weighted by molar-refractivity contribution is 0.186. The minimum atomic E-state index is -0.00787. The maximum Gasteiger partial charge on any atom is 0.333 e. The predicted octanol–water partition coefficient (Wildman–Crippen LogP) is -1.13. The third kappa shape index (κ3) is 1.40. The first-order valence-corrected chi connectivity index (χ1v) is 3.41. The second kappa shape index (κ2) is 3.25. The molecular weight excluding hydrogens is 168 g/mol. The highest BCUT2D eigenvalue weighted by Crippen LogP contribution is 2.03. The number of halogens is 1. The van der Waals surface area contributed by atoms with E-state index in [1.54, 1.807) is 4.90 Å². The molecule has 0 aliphatic carbocycles. The number of rotatable bonds is 0. The fourth-order valence-corrected chi connectivity index (χ4v) is 1.29. The molecule has 2 amide bonds. The summed E-state index contributed by atoms with van der Waals surface area (Å²) in [6.45, 7) is 2.52. The molecule has 2 rings (SSSR count). The van der Waals surface area contributed by atoms with Gasteiger partial charge in [0.15, 0.2) is 0 Å². The van der Waals surface area contributed by atoms with Crippen LogP contribution in [0.25, 0.3) is 0 Å². The highest BCUT2D eigenvalue weighted by Gasteiger charge is 2.31. The van der Waals surface area contributed by atoms with Crippen molar-refractivity contribution in [3.63, 3.8) is 0 Å². The van der Waals surface area contributed by atoms with Crippen molar-refractivity contribution >= 4 is 18.4 Å². The monoisotopic (exact) mass is 178 g/mol. The average Bonchev–Trinajstić information content (AvgIpc) is 2.34. The molecule has 0 saturated carbocycles. The van der Waals surface area contributed by atoms with E-state index in [1.165, 1.54) is 0 Å². The zero-order chi connectivity index (χ0) is 6.97. The van der Waals surface area contributed by atoms with Crippen LogP contribution < -0.4 is 16.2 Å². The lowest BCUT2D eigenvalue weighted by atomic mass is 10.3. The minimum absolute atomic E-state index is 0. The Bertz CT molecular complexity index is 165. The van der Waals surface area contributed by atoms with Crippen molar-refractivity contribution in [3.05, 3.63) is 0 Å². The summed E-state index contributed by atoms with van der Waals surface area (Å²) >= 11 is 0. The van der Waals surface area contributed by atoms with Crippen molar-refractivity contribution in [2.24, 2.45) is 0 Å². The highest BCUT2D eigenvalue weighted by molar-refractivity contribution is 5.85. The number of hydrogen-bond donors (Lipinski definition) is 3. The molecule has 2 saturated heterocycles.